The molecule has 84 valence electrons. The van der Waals surface area contributed by atoms with Gasteiger partial charge in [-0.3, -0.25) is 0 Å². The summed E-state index contributed by atoms with van der Waals surface area (Å²) in [5, 5.41) is 9.28. The van der Waals surface area contributed by atoms with Crippen LogP contribution in [0.3, 0.4) is 0 Å². The molecule has 15 heavy (non-hydrogen) atoms. The van der Waals surface area contributed by atoms with Gasteiger partial charge < -0.3 is 10.1 Å². The van der Waals surface area contributed by atoms with Crippen molar-refractivity contribution in [2.45, 2.75) is 24.3 Å². The highest BCUT2D eigenvalue weighted by Gasteiger charge is 2.20. The molecule has 1 aliphatic rings. The lowest BCUT2D eigenvalue weighted by Gasteiger charge is -2.24. The first kappa shape index (κ1) is 11.2. The van der Waals surface area contributed by atoms with Crippen molar-refractivity contribution in [3.8, 4) is 0 Å². The maximum absolute atomic E-state index is 5.13. The smallest absolute Gasteiger partial charge is 0.134 e. The summed E-state index contributed by atoms with van der Waals surface area (Å²) >= 11 is 3.36. The van der Waals surface area contributed by atoms with Crippen LogP contribution in [0.5, 0.6) is 0 Å². The first-order chi connectivity index (χ1) is 7.40. The zero-order chi connectivity index (χ0) is 10.5. The third-order valence-corrected chi connectivity index (χ3v) is 4.06. The van der Waals surface area contributed by atoms with Crippen LogP contribution in [0.2, 0.25) is 0 Å². The topological polar surface area (TPSA) is 47.0 Å². The Bertz CT molecular complexity index is 301. The predicted molar refractivity (Wildman–Crippen MR) is 64.6 cm³/mol. The minimum absolute atomic E-state index is 0.658. The van der Waals surface area contributed by atoms with E-state index in [2.05, 4.69) is 21.8 Å². The molecule has 0 amide bonds. The molecule has 2 heterocycles. The van der Waals surface area contributed by atoms with Gasteiger partial charge in [-0.2, -0.15) is 0 Å². The molecule has 4 nitrogen and oxygen atoms in total. The van der Waals surface area contributed by atoms with Crippen LogP contribution in [0.15, 0.2) is 0 Å². The Balaban J connectivity index is 1.80. The van der Waals surface area contributed by atoms with Gasteiger partial charge in [0.2, 0.25) is 0 Å². The third kappa shape index (κ3) is 3.06. The number of ether oxygens (including phenoxy) is 1. The van der Waals surface area contributed by atoms with E-state index >= 15 is 0 Å². The predicted octanol–water partition coefficient (Wildman–Crippen LogP) is 1.99. The van der Waals surface area contributed by atoms with Crippen molar-refractivity contribution in [1.82, 2.24) is 9.59 Å². The molecule has 2 rings (SSSR count). The van der Waals surface area contributed by atoms with E-state index in [4.69, 9.17) is 4.74 Å². The summed E-state index contributed by atoms with van der Waals surface area (Å²) in [6.07, 6.45) is 1.13. The zero-order valence-corrected chi connectivity index (χ0v) is 10.4. The van der Waals surface area contributed by atoms with Gasteiger partial charge in [-0.05, 0) is 6.42 Å². The number of nitrogens with zero attached hydrogens (tertiary/aromatic N) is 2. The number of anilines is 1. The van der Waals surface area contributed by atoms with Crippen LogP contribution >= 0.6 is 23.3 Å². The van der Waals surface area contributed by atoms with Crippen molar-refractivity contribution < 1.29 is 4.74 Å². The second-order valence-electron chi connectivity index (χ2n) is 3.45. The Morgan fingerprint density at radius 2 is 2.47 bits per heavy atom. The number of thioether (sulfide) groups is 1. The highest BCUT2D eigenvalue weighted by molar-refractivity contribution is 7.99. The first-order valence-electron chi connectivity index (χ1n) is 5.14. The van der Waals surface area contributed by atoms with E-state index in [9.17, 15) is 0 Å². The number of aromatic nitrogens is 2. The van der Waals surface area contributed by atoms with Crippen LogP contribution in [0.1, 0.15) is 19.0 Å². The van der Waals surface area contributed by atoms with Gasteiger partial charge in [0.25, 0.3) is 0 Å². The van der Waals surface area contributed by atoms with Crippen LogP contribution in [0, 0.1) is 0 Å². The van der Waals surface area contributed by atoms with Crippen molar-refractivity contribution >= 4 is 28.3 Å². The Hall–Kier alpha value is -0.330. The number of hydrogen-bond donors (Lipinski definition) is 1. The molecule has 0 spiro atoms. The molecule has 1 aliphatic heterocycles. The van der Waals surface area contributed by atoms with Crippen molar-refractivity contribution in [3.05, 3.63) is 5.69 Å². The van der Waals surface area contributed by atoms with Crippen LogP contribution in [-0.2, 0) is 10.5 Å². The molecule has 0 radical (unpaired) electrons. The van der Waals surface area contributed by atoms with E-state index in [-0.39, 0.29) is 0 Å². The van der Waals surface area contributed by atoms with Crippen molar-refractivity contribution in [2.75, 3.05) is 25.1 Å². The molecular formula is C9H15N3OS2. The molecule has 0 bridgehead atoms. The van der Waals surface area contributed by atoms with Gasteiger partial charge >= 0.3 is 0 Å². The molecule has 1 aromatic rings. The summed E-state index contributed by atoms with van der Waals surface area (Å²) in [6.45, 7) is 4.93. The van der Waals surface area contributed by atoms with Gasteiger partial charge in [0.15, 0.2) is 0 Å². The standard InChI is InChI=1S/C9H15N3OS2/c1-2-3-10-9-8(11-12-15-9)6-14-7-4-13-5-7/h7,10H,2-6H2,1H3. The lowest BCUT2D eigenvalue weighted by molar-refractivity contribution is 0.0455. The van der Waals surface area contributed by atoms with Gasteiger partial charge in [-0.25, -0.2) is 0 Å². The summed E-state index contributed by atoms with van der Waals surface area (Å²) < 4.78 is 9.11. The molecule has 0 aliphatic carbocycles. The zero-order valence-electron chi connectivity index (χ0n) is 8.73. The Labute approximate surface area is 98.0 Å². The van der Waals surface area contributed by atoms with Gasteiger partial charge in [0, 0.05) is 23.8 Å². The van der Waals surface area contributed by atoms with Crippen molar-refractivity contribution in [2.24, 2.45) is 0 Å². The maximum atomic E-state index is 5.13. The van der Waals surface area contributed by atoms with Gasteiger partial charge in [-0.15, -0.1) is 16.9 Å². The van der Waals surface area contributed by atoms with E-state index in [1.54, 1.807) is 0 Å². The van der Waals surface area contributed by atoms with E-state index in [0.717, 1.165) is 42.6 Å². The molecule has 6 heteroatoms. The molecule has 1 saturated heterocycles. The van der Waals surface area contributed by atoms with Gasteiger partial charge in [-0.1, -0.05) is 11.4 Å². The molecule has 0 atom stereocenters. The van der Waals surface area contributed by atoms with E-state index in [0.29, 0.717) is 5.25 Å². The summed E-state index contributed by atoms with van der Waals surface area (Å²) in [4.78, 5) is 0. The average molecular weight is 245 g/mol. The number of nitrogens with one attached hydrogen (secondary N) is 1. The molecule has 0 unspecified atom stereocenters. The van der Waals surface area contributed by atoms with E-state index in [1.807, 2.05) is 11.8 Å². The van der Waals surface area contributed by atoms with E-state index in [1.165, 1.54) is 11.5 Å². The first-order valence-corrected chi connectivity index (χ1v) is 6.96. The Kier molecular flexibility index (Phi) is 4.22. The lowest BCUT2D eigenvalue weighted by atomic mass is 10.4. The minimum Gasteiger partial charge on any atom is -0.379 e. The highest BCUT2D eigenvalue weighted by atomic mass is 32.2. The minimum atomic E-state index is 0.658. The second kappa shape index (κ2) is 5.67. The molecule has 1 N–H and O–H groups in total. The van der Waals surface area contributed by atoms with Crippen LogP contribution in [0.4, 0.5) is 5.00 Å². The summed E-state index contributed by atoms with van der Waals surface area (Å²) in [5.74, 6) is 0.941. The van der Waals surface area contributed by atoms with Crippen LogP contribution in [-0.4, -0.2) is 34.6 Å². The largest absolute Gasteiger partial charge is 0.379 e. The Morgan fingerprint density at radius 3 is 3.13 bits per heavy atom. The molecule has 1 aromatic heterocycles. The van der Waals surface area contributed by atoms with Crippen LogP contribution < -0.4 is 5.32 Å². The fourth-order valence-corrected chi connectivity index (χ4v) is 2.86. The molecule has 0 saturated carbocycles. The highest BCUT2D eigenvalue weighted by Crippen LogP contribution is 2.27. The fourth-order valence-electron chi connectivity index (χ4n) is 1.18. The lowest BCUT2D eigenvalue weighted by Crippen LogP contribution is -2.30. The maximum Gasteiger partial charge on any atom is 0.134 e. The number of hydrogen-bond acceptors (Lipinski definition) is 6. The number of rotatable bonds is 6. The Morgan fingerprint density at radius 1 is 1.60 bits per heavy atom. The van der Waals surface area contributed by atoms with Gasteiger partial charge in [0.05, 0.1) is 18.5 Å². The van der Waals surface area contributed by atoms with E-state index < -0.39 is 0 Å². The fraction of sp³-hybridized carbons (Fsp3) is 0.778. The normalized spacial score (nSPS) is 16.3. The van der Waals surface area contributed by atoms with Crippen molar-refractivity contribution in [1.29, 1.82) is 0 Å². The summed E-state index contributed by atoms with van der Waals surface area (Å²) in [6, 6.07) is 0. The third-order valence-electron chi connectivity index (χ3n) is 2.15. The SMILES string of the molecule is CCCNc1snnc1CSC1COC1. The summed E-state index contributed by atoms with van der Waals surface area (Å²) in [5.41, 5.74) is 1.09. The second-order valence-corrected chi connectivity index (χ2v) is 5.49. The quantitative estimate of drug-likeness (QED) is 0.830. The van der Waals surface area contributed by atoms with Crippen LogP contribution in [0.25, 0.3) is 0 Å². The van der Waals surface area contributed by atoms with Gasteiger partial charge in [0.1, 0.15) is 10.7 Å². The molecular weight excluding hydrogens is 230 g/mol. The summed E-state index contributed by atoms with van der Waals surface area (Å²) in [7, 11) is 0. The molecule has 0 aromatic carbocycles. The average Bonchev–Trinajstić information content (AvgIpc) is 2.60. The molecule has 1 fully saturated rings. The monoisotopic (exact) mass is 245 g/mol. The van der Waals surface area contributed by atoms with Crippen molar-refractivity contribution in [3.63, 3.8) is 0 Å².